The number of aromatic nitrogens is 1. The van der Waals surface area contributed by atoms with Crippen molar-refractivity contribution >= 4 is 60.8 Å². The quantitative estimate of drug-likeness (QED) is 0.152. The van der Waals surface area contributed by atoms with Crippen LogP contribution in [0.4, 0.5) is 17.1 Å². The van der Waals surface area contributed by atoms with Gasteiger partial charge in [-0.15, -0.1) is 0 Å². The number of fused-ring (bicyclic) bond motifs is 6. The van der Waals surface area contributed by atoms with Gasteiger partial charge in [0.25, 0.3) is 0 Å². The van der Waals surface area contributed by atoms with E-state index in [2.05, 4.69) is 0 Å². The highest BCUT2D eigenvalue weighted by molar-refractivity contribution is 6.13. The van der Waals surface area contributed by atoms with Crippen LogP contribution in [0.2, 0.25) is 0 Å². The summed E-state index contributed by atoms with van der Waals surface area (Å²) in [5, 5.41) is -3.15. The van der Waals surface area contributed by atoms with Gasteiger partial charge in [0.1, 0.15) is 11.2 Å². The van der Waals surface area contributed by atoms with E-state index < -0.39 is 353 Å². The maximum absolute atomic E-state index is 10.7. The Labute approximate surface area is 422 Å². The predicted molar refractivity (Wildman–Crippen MR) is 264 cm³/mol. The van der Waals surface area contributed by atoms with E-state index >= 15 is 0 Å². The average Bonchev–Trinajstić information content (AvgIpc) is 1.65. The van der Waals surface area contributed by atoms with Gasteiger partial charge in [0, 0.05) is 49.7 Å². The third-order valence-corrected chi connectivity index (χ3v) is 9.49. The van der Waals surface area contributed by atoms with Crippen molar-refractivity contribution in [3.05, 3.63) is 242 Å². The molecule has 0 fully saturated rings. The molecule has 0 spiro atoms. The summed E-state index contributed by atoms with van der Waals surface area (Å²) < 4.78 is 376. The maximum Gasteiger partial charge on any atom is 0.143 e. The standard InChI is InChI=1S/C60H40N2O/c1-4-17-41(18-5-1)43-31-34-47(35-32-43)61(58-36-33-45(42-19-6-2-7-20-42)38-53(58)44-21-8-3-9-22-44)49-39-54(60-55(40-49)52-27-12-15-30-59(52)63-60)46-23-16-24-48(37-46)62-56-28-13-10-25-50(56)51-26-11-14-29-57(51)62/h1-40H/i1D,2D,3D,4D,5D,6D,7D,8D,9D,10D,11D,12D,13D,14D,15D,16D,17D,18D,19D,20D,21D,22D,23D,24D,25D,26D,27D,28D,29D,30D,31D,32D,33D,34D,35D,36D,37D,38D,39D,40D. The summed E-state index contributed by atoms with van der Waals surface area (Å²) in [6.07, 6.45) is 0. The number of rotatable bonds is 8. The Kier molecular flexibility index (Phi) is 3.41. The topological polar surface area (TPSA) is 21.3 Å². The van der Waals surface area contributed by atoms with Crippen molar-refractivity contribution in [3.63, 3.8) is 0 Å². The van der Waals surface area contributed by atoms with E-state index in [9.17, 15) is 24.7 Å². The van der Waals surface area contributed by atoms with Crippen LogP contribution in [-0.2, 0) is 0 Å². The SMILES string of the molecule is [2H]c1c([2H])c([2H])c(-c2c([2H])c([2H])c(N(c3c([2H])c([2H])c(-c4c([2H])c([2H])c([2H])c([2H])c4[2H])c([2H])c3-c3c([2H])c([2H])c([2H])c([2H])c3[2H])c3c([2H])c(-c4c([2H])c([2H])c([2H])c(-n5c6c([2H])c([2H])c([2H])c([2H])c6c6c([2H])c([2H])c([2H])c([2H])c65)c4[2H])c4oc5c([2H])c([2H])c([2H])c([2H])c5c4c3[2H])c([2H])c2[2H])c([2H])c1[2H]. The largest absolute Gasteiger partial charge is 0.455 e. The van der Waals surface area contributed by atoms with Crippen molar-refractivity contribution < 1.29 is 59.2 Å². The third-order valence-electron chi connectivity index (χ3n) is 9.49. The summed E-state index contributed by atoms with van der Waals surface area (Å²) in [7, 11) is 0. The fraction of sp³-hybridized carbons (Fsp3) is 0. The zero-order chi connectivity index (χ0) is 76.5. The number of hydrogen-bond acceptors (Lipinski definition) is 2. The number of anilines is 3. The first-order valence-electron chi connectivity index (χ1n) is 38.2. The molecule has 2 heterocycles. The molecule has 0 bridgehead atoms. The first-order valence-corrected chi connectivity index (χ1v) is 18.2. The van der Waals surface area contributed by atoms with Gasteiger partial charge in [0.05, 0.1) is 71.6 Å². The number of hydrogen-bond donors (Lipinski definition) is 0. The second-order valence-electron chi connectivity index (χ2n) is 13.0. The zero-order valence-electron chi connectivity index (χ0n) is 71.3. The van der Waals surface area contributed by atoms with Gasteiger partial charge in [-0.3, -0.25) is 0 Å². The normalized spacial score (nSPS) is 20.4. The number of benzene rings is 10. The van der Waals surface area contributed by atoms with Crippen molar-refractivity contribution in [2.45, 2.75) is 0 Å². The Balaban J connectivity index is 1.41. The zero-order valence-corrected chi connectivity index (χ0v) is 31.3. The minimum atomic E-state index is -1.55. The molecule has 0 aliphatic rings. The molecule has 0 N–H and O–H groups in total. The predicted octanol–water partition coefficient (Wildman–Crippen LogP) is 16.8. The molecule has 2 aromatic heterocycles. The van der Waals surface area contributed by atoms with Crippen molar-refractivity contribution in [2.75, 3.05) is 4.90 Å². The summed E-state index contributed by atoms with van der Waals surface area (Å²) in [5.74, 6) is 0. The highest BCUT2D eigenvalue weighted by Crippen LogP contribution is 2.47. The van der Waals surface area contributed by atoms with E-state index in [-0.39, 0.29) is 4.90 Å². The van der Waals surface area contributed by atoms with Crippen LogP contribution in [-0.4, -0.2) is 4.57 Å². The summed E-state index contributed by atoms with van der Waals surface area (Å²) in [5.41, 5.74) is -18.2. The fourth-order valence-electron chi connectivity index (χ4n) is 6.82. The summed E-state index contributed by atoms with van der Waals surface area (Å²) in [6.45, 7) is 0. The van der Waals surface area contributed by atoms with Crippen molar-refractivity contribution in [3.8, 4) is 50.2 Å². The number of nitrogens with zero attached hydrogens (tertiary/aromatic N) is 2. The van der Waals surface area contributed by atoms with Gasteiger partial charge < -0.3 is 13.9 Å². The molecule has 0 aliphatic heterocycles. The molecule has 296 valence electrons. The molecular weight excluding hydrogens is 765 g/mol. The minimum Gasteiger partial charge on any atom is -0.455 e. The lowest BCUT2D eigenvalue weighted by atomic mass is 9.95. The Bertz CT molecular complexity index is 5820. The second-order valence-corrected chi connectivity index (χ2v) is 13.0. The van der Waals surface area contributed by atoms with Crippen molar-refractivity contribution in [2.24, 2.45) is 0 Å². The van der Waals surface area contributed by atoms with Gasteiger partial charge in [-0.1, -0.05) is 175 Å². The molecule has 0 saturated carbocycles. The van der Waals surface area contributed by atoms with Gasteiger partial charge in [-0.25, -0.2) is 0 Å². The average molecular weight is 845 g/mol. The Morgan fingerprint density at radius 3 is 1.57 bits per heavy atom. The molecule has 3 nitrogen and oxygen atoms in total. The number of furan rings is 1. The van der Waals surface area contributed by atoms with E-state index in [1.807, 2.05) is 0 Å². The lowest BCUT2D eigenvalue weighted by molar-refractivity contribution is 0.670. The van der Waals surface area contributed by atoms with E-state index in [0.29, 0.717) is 4.57 Å². The molecule has 12 rings (SSSR count). The van der Waals surface area contributed by atoms with Crippen molar-refractivity contribution in [1.29, 1.82) is 0 Å². The lowest BCUT2D eigenvalue weighted by Crippen LogP contribution is -2.11. The Morgan fingerprint density at radius 1 is 0.349 bits per heavy atom. The van der Waals surface area contributed by atoms with Crippen LogP contribution in [0.25, 0.3) is 93.9 Å². The van der Waals surface area contributed by atoms with E-state index in [1.54, 1.807) is 0 Å². The van der Waals surface area contributed by atoms with Gasteiger partial charge in [0.2, 0.25) is 0 Å². The fourth-order valence-corrected chi connectivity index (χ4v) is 6.82. The summed E-state index contributed by atoms with van der Waals surface area (Å²) in [4.78, 5) is 0.166. The molecule has 3 heteroatoms. The van der Waals surface area contributed by atoms with Crippen LogP contribution in [0, 0.1) is 0 Å². The molecule has 0 saturated heterocycles. The second kappa shape index (κ2) is 15.3. The molecule has 12 aromatic rings. The molecule has 0 aliphatic carbocycles. The minimum absolute atomic E-state index is 0.166. The van der Waals surface area contributed by atoms with Gasteiger partial charge in [0.15, 0.2) is 0 Å². The van der Waals surface area contributed by atoms with Crippen LogP contribution in [0.15, 0.2) is 246 Å². The van der Waals surface area contributed by atoms with Crippen LogP contribution < -0.4 is 4.90 Å². The first-order chi connectivity index (χ1) is 47.9. The van der Waals surface area contributed by atoms with Crippen LogP contribution in [0.5, 0.6) is 0 Å². The lowest BCUT2D eigenvalue weighted by Gasteiger charge is -2.29. The van der Waals surface area contributed by atoms with Crippen LogP contribution in [0.1, 0.15) is 54.8 Å². The van der Waals surface area contributed by atoms with Gasteiger partial charge in [-0.2, -0.15) is 0 Å². The third kappa shape index (κ3) is 6.38. The number of para-hydroxylation sites is 3. The molecule has 10 aromatic carbocycles. The summed E-state index contributed by atoms with van der Waals surface area (Å²) in [6, 6.07) is -47.8. The van der Waals surface area contributed by atoms with Crippen LogP contribution >= 0.6 is 0 Å². The Hall–Kier alpha value is -8.40. The highest BCUT2D eigenvalue weighted by atomic mass is 16.3. The molecule has 0 radical (unpaired) electrons. The van der Waals surface area contributed by atoms with Gasteiger partial charge in [-0.05, 0) is 99.8 Å². The van der Waals surface area contributed by atoms with E-state index in [4.69, 9.17) is 34.6 Å². The molecular formula is C60H40N2O. The molecule has 63 heavy (non-hydrogen) atoms. The monoisotopic (exact) mass is 845 g/mol. The molecule has 0 atom stereocenters. The Morgan fingerprint density at radius 2 is 0.889 bits per heavy atom. The van der Waals surface area contributed by atoms with Crippen molar-refractivity contribution in [1.82, 2.24) is 4.57 Å². The van der Waals surface area contributed by atoms with E-state index in [1.165, 1.54) is 0 Å². The van der Waals surface area contributed by atoms with Gasteiger partial charge >= 0.3 is 0 Å². The maximum atomic E-state index is 10.7. The smallest absolute Gasteiger partial charge is 0.143 e. The highest BCUT2D eigenvalue weighted by Gasteiger charge is 2.23. The van der Waals surface area contributed by atoms with E-state index in [0.717, 1.165) is 0 Å². The summed E-state index contributed by atoms with van der Waals surface area (Å²) >= 11 is 0. The van der Waals surface area contributed by atoms with Crippen LogP contribution in [0.3, 0.4) is 0 Å². The molecule has 0 amide bonds. The molecule has 0 unspecified atom stereocenters. The first kappa shape index (κ1) is 14.1.